The van der Waals surface area contributed by atoms with Crippen LogP contribution in [-0.2, 0) is 6.42 Å². The van der Waals surface area contributed by atoms with Crippen LogP contribution in [0.2, 0.25) is 5.02 Å². The standard InChI is InChI=1S/C11H10ClN3O/c12-9-6(13)1-2-7-8(9)5-3-4-14-11(16)10(5)15-7/h1-2,15H,3-4,13H2,(H,14,16). The number of nitrogens with one attached hydrogen (secondary N) is 2. The van der Waals surface area contributed by atoms with Crippen molar-refractivity contribution in [2.45, 2.75) is 6.42 Å². The van der Waals surface area contributed by atoms with Crippen LogP contribution in [0, 0.1) is 0 Å². The van der Waals surface area contributed by atoms with Gasteiger partial charge in [-0.3, -0.25) is 4.79 Å². The second-order valence-corrected chi connectivity index (χ2v) is 4.25. The van der Waals surface area contributed by atoms with Crippen molar-refractivity contribution in [1.29, 1.82) is 0 Å². The number of H-pyrrole nitrogens is 1. The molecule has 0 spiro atoms. The van der Waals surface area contributed by atoms with E-state index in [-0.39, 0.29) is 5.91 Å². The molecule has 0 fully saturated rings. The van der Waals surface area contributed by atoms with Crippen LogP contribution in [-0.4, -0.2) is 17.4 Å². The summed E-state index contributed by atoms with van der Waals surface area (Å²) in [5.41, 5.74) is 8.75. The number of amides is 1. The highest BCUT2D eigenvalue weighted by Crippen LogP contribution is 2.34. The zero-order chi connectivity index (χ0) is 11.3. The van der Waals surface area contributed by atoms with Crippen LogP contribution in [0.4, 0.5) is 5.69 Å². The maximum Gasteiger partial charge on any atom is 0.268 e. The van der Waals surface area contributed by atoms with Crippen LogP contribution in [0.25, 0.3) is 10.9 Å². The largest absolute Gasteiger partial charge is 0.398 e. The van der Waals surface area contributed by atoms with E-state index in [1.165, 1.54) is 0 Å². The first kappa shape index (κ1) is 9.54. The van der Waals surface area contributed by atoms with E-state index in [1.807, 2.05) is 6.07 Å². The van der Waals surface area contributed by atoms with Crippen molar-refractivity contribution in [1.82, 2.24) is 10.3 Å². The van der Waals surface area contributed by atoms with E-state index in [2.05, 4.69) is 10.3 Å². The smallest absolute Gasteiger partial charge is 0.268 e. The van der Waals surface area contributed by atoms with Crippen LogP contribution in [0.3, 0.4) is 0 Å². The van der Waals surface area contributed by atoms with Gasteiger partial charge in [0.25, 0.3) is 5.91 Å². The predicted octanol–water partition coefficient (Wildman–Crippen LogP) is 1.69. The average Bonchev–Trinajstić information content (AvgIpc) is 2.64. The first-order chi connectivity index (χ1) is 7.68. The highest BCUT2D eigenvalue weighted by atomic mass is 35.5. The van der Waals surface area contributed by atoms with Gasteiger partial charge in [0.2, 0.25) is 0 Å². The number of rotatable bonds is 0. The van der Waals surface area contributed by atoms with Gasteiger partial charge in [-0.05, 0) is 24.1 Å². The fourth-order valence-electron chi connectivity index (χ4n) is 2.16. The molecular weight excluding hydrogens is 226 g/mol. The van der Waals surface area contributed by atoms with Crippen LogP contribution in [0.1, 0.15) is 16.1 Å². The van der Waals surface area contributed by atoms with Gasteiger partial charge >= 0.3 is 0 Å². The first-order valence-electron chi connectivity index (χ1n) is 5.05. The number of carbonyl (C=O) groups is 1. The average molecular weight is 236 g/mol. The minimum absolute atomic E-state index is 0.0768. The van der Waals surface area contributed by atoms with Gasteiger partial charge in [-0.2, -0.15) is 0 Å². The third-order valence-electron chi connectivity index (χ3n) is 2.92. The van der Waals surface area contributed by atoms with Crippen LogP contribution in [0.5, 0.6) is 0 Å². The molecule has 0 atom stereocenters. The van der Waals surface area contributed by atoms with Crippen molar-refractivity contribution in [3.8, 4) is 0 Å². The molecule has 0 unspecified atom stereocenters. The van der Waals surface area contributed by atoms with Gasteiger partial charge in [-0.25, -0.2) is 0 Å². The Kier molecular flexibility index (Phi) is 1.88. The van der Waals surface area contributed by atoms with E-state index in [1.54, 1.807) is 6.07 Å². The summed E-state index contributed by atoms with van der Waals surface area (Å²) in [6, 6.07) is 3.59. The number of aromatic nitrogens is 1. The molecule has 1 amide bonds. The molecule has 0 saturated carbocycles. The molecule has 82 valence electrons. The van der Waals surface area contributed by atoms with Gasteiger partial charge < -0.3 is 16.0 Å². The molecule has 4 N–H and O–H groups in total. The lowest BCUT2D eigenvalue weighted by atomic mass is 10.0. The lowest BCUT2D eigenvalue weighted by molar-refractivity contribution is 0.0942. The Morgan fingerprint density at radius 1 is 1.38 bits per heavy atom. The summed E-state index contributed by atoms with van der Waals surface area (Å²) in [7, 11) is 0. The molecule has 5 heteroatoms. The SMILES string of the molecule is Nc1ccc2[nH]c3c(c2c1Cl)CCNC3=O. The number of benzene rings is 1. The van der Waals surface area contributed by atoms with Crippen molar-refractivity contribution < 1.29 is 4.79 Å². The Morgan fingerprint density at radius 3 is 3.00 bits per heavy atom. The van der Waals surface area contributed by atoms with E-state index >= 15 is 0 Å². The molecule has 1 aliphatic heterocycles. The Labute approximate surface area is 96.8 Å². The van der Waals surface area contributed by atoms with E-state index in [4.69, 9.17) is 17.3 Å². The lowest BCUT2D eigenvalue weighted by Gasteiger charge is -2.12. The van der Waals surface area contributed by atoms with Crippen molar-refractivity contribution in [2.75, 3.05) is 12.3 Å². The fourth-order valence-corrected chi connectivity index (χ4v) is 2.44. The maximum atomic E-state index is 11.6. The summed E-state index contributed by atoms with van der Waals surface area (Å²) in [6.07, 6.45) is 0.782. The number of halogens is 1. The van der Waals surface area contributed by atoms with Gasteiger partial charge in [0.05, 0.1) is 10.7 Å². The number of nitrogen functional groups attached to an aromatic ring is 1. The van der Waals surface area contributed by atoms with E-state index in [0.29, 0.717) is 22.9 Å². The lowest BCUT2D eigenvalue weighted by Crippen LogP contribution is -2.31. The predicted molar refractivity (Wildman–Crippen MR) is 63.8 cm³/mol. The summed E-state index contributed by atoms with van der Waals surface area (Å²) in [5.74, 6) is -0.0768. The topological polar surface area (TPSA) is 70.9 Å². The molecular formula is C11H10ClN3O. The number of aromatic amines is 1. The van der Waals surface area contributed by atoms with Gasteiger partial charge in [-0.1, -0.05) is 11.6 Å². The molecule has 1 aliphatic rings. The van der Waals surface area contributed by atoms with Gasteiger partial charge in [0.1, 0.15) is 5.69 Å². The zero-order valence-corrected chi connectivity index (χ0v) is 9.19. The number of fused-ring (bicyclic) bond motifs is 3. The van der Waals surface area contributed by atoms with Crippen molar-refractivity contribution in [2.24, 2.45) is 0 Å². The van der Waals surface area contributed by atoms with Crippen molar-refractivity contribution in [3.05, 3.63) is 28.4 Å². The highest BCUT2D eigenvalue weighted by molar-refractivity contribution is 6.38. The van der Waals surface area contributed by atoms with Gasteiger partial charge in [0.15, 0.2) is 0 Å². The monoisotopic (exact) mass is 235 g/mol. The molecule has 16 heavy (non-hydrogen) atoms. The Balaban J connectivity index is 2.42. The molecule has 1 aromatic heterocycles. The van der Waals surface area contributed by atoms with Gasteiger partial charge in [0, 0.05) is 17.4 Å². The third-order valence-corrected chi connectivity index (χ3v) is 3.33. The third kappa shape index (κ3) is 1.13. The number of nitrogens with two attached hydrogens (primary N) is 1. The second kappa shape index (κ2) is 3.15. The summed E-state index contributed by atoms with van der Waals surface area (Å²) >= 11 is 6.18. The normalized spacial score (nSPS) is 14.9. The molecule has 0 saturated heterocycles. The Hall–Kier alpha value is -1.68. The number of hydrogen-bond donors (Lipinski definition) is 3. The van der Waals surface area contributed by atoms with E-state index in [0.717, 1.165) is 22.9 Å². The minimum Gasteiger partial charge on any atom is -0.398 e. The molecule has 0 aliphatic carbocycles. The molecule has 0 radical (unpaired) electrons. The molecule has 3 rings (SSSR count). The van der Waals surface area contributed by atoms with Crippen LogP contribution >= 0.6 is 11.6 Å². The molecule has 4 nitrogen and oxygen atoms in total. The number of carbonyl (C=O) groups excluding carboxylic acids is 1. The molecule has 0 bridgehead atoms. The maximum absolute atomic E-state index is 11.6. The summed E-state index contributed by atoms with van der Waals surface area (Å²) in [5, 5.41) is 4.20. The highest BCUT2D eigenvalue weighted by Gasteiger charge is 2.23. The zero-order valence-electron chi connectivity index (χ0n) is 8.43. The van der Waals surface area contributed by atoms with Crippen LogP contribution < -0.4 is 11.1 Å². The van der Waals surface area contributed by atoms with Crippen LogP contribution in [0.15, 0.2) is 12.1 Å². The number of anilines is 1. The van der Waals surface area contributed by atoms with Crippen molar-refractivity contribution >= 4 is 34.1 Å². The van der Waals surface area contributed by atoms with Crippen molar-refractivity contribution in [3.63, 3.8) is 0 Å². The summed E-state index contributed by atoms with van der Waals surface area (Å²) in [4.78, 5) is 14.7. The summed E-state index contributed by atoms with van der Waals surface area (Å²) < 4.78 is 0. The minimum atomic E-state index is -0.0768. The second-order valence-electron chi connectivity index (χ2n) is 3.88. The van der Waals surface area contributed by atoms with E-state index in [9.17, 15) is 4.79 Å². The first-order valence-corrected chi connectivity index (χ1v) is 5.43. The summed E-state index contributed by atoms with van der Waals surface area (Å²) in [6.45, 7) is 0.643. The van der Waals surface area contributed by atoms with E-state index < -0.39 is 0 Å². The molecule has 2 heterocycles. The quantitative estimate of drug-likeness (QED) is 0.608. The molecule has 2 aromatic rings. The fraction of sp³-hybridized carbons (Fsp3) is 0.182. The number of hydrogen-bond acceptors (Lipinski definition) is 2. The van der Waals surface area contributed by atoms with Gasteiger partial charge in [-0.15, -0.1) is 0 Å². The Bertz CT molecular complexity index is 603. The molecule has 1 aromatic carbocycles. The Morgan fingerprint density at radius 2 is 2.19 bits per heavy atom.